The molecule has 0 bridgehead atoms. The third-order valence-electron chi connectivity index (χ3n) is 4.62. The molecule has 1 heterocycles. The van der Waals surface area contributed by atoms with Gasteiger partial charge in [-0.3, -0.25) is 9.59 Å². The summed E-state index contributed by atoms with van der Waals surface area (Å²) in [7, 11) is 0. The average molecular weight is 286 g/mol. The fourth-order valence-electron chi connectivity index (χ4n) is 3.03. The molecule has 4 heteroatoms. The smallest absolute Gasteiger partial charge is 0.251 e. The van der Waals surface area contributed by atoms with Gasteiger partial charge in [0.1, 0.15) is 0 Å². The second-order valence-corrected chi connectivity index (χ2v) is 6.00. The Bertz CT molecular complexity index is 564. The number of anilines is 1. The number of nitrogens with one attached hydrogen (secondary N) is 1. The van der Waals surface area contributed by atoms with Gasteiger partial charge in [-0.05, 0) is 48.9 Å². The number of nitrogens with zero attached hydrogens (tertiary/aromatic N) is 1. The molecule has 1 fully saturated rings. The van der Waals surface area contributed by atoms with Crippen molar-refractivity contribution >= 4 is 17.5 Å². The molecule has 0 spiro atoms. The topological polar surface area (TPSA) is 49.4 Å². The summed E-state index contributed by atoms with van der Waals surface area (Å²) in [6.45, 7) is 3.40. The molecule has 2 aliphatic rings. The molecular weight excluding hydrogens is 264 g/mol. The van der Waals surface area contributed by atoms with Gasteiger partial charge in [0.05, 0.1) is 0 Å². The molecule has 1 N–H and O–H groups in total. The van der Waals surface area contributed by atoms with Crippen molar-refractivity contribution in [1.82, 2.24) is 5.32 Å². The molecule has 3 rings (SSSR count). The largest absolute Gasteiger partial charge is 0.352 e. The van der Waals surface area contributed by atoms with E-state index in [4.69, 9.17) is 0 Å². The quantitative estimate of drug-likeness (QED) is 0.924. The monoisotopic (exact) mass is 286 g/mol. The van der Waals surface area contributed by atoms with Gasteiger partial charge in [0.2, 0.25) is 5.91 Å². The summed E-state index contributed by atoms with van der Waals surface area (Å²) in [5.41, 5.74) is 2.78. The van der Waals surface area contributed by atoms with E-state index >= 15 is 0 Å². The second kappa shape index (κ2) is 5.88. The van der Waals surface area contributed by atoms with E-state index in [0.29, 0.717) is 17.9 Å². The molecule has 21 heavy (non-hydrogen) atoms. The maximum Gasteiger partial charge on any atom is 0.251 e. The van der Waals surface area contributed by atoms with Gasteiger partial charge in [-0.25, -0.2) is 0 Å². The predicted molar refractivity (Wildman–Crippen MR) is 82.5 cm³/mol. The van der Waals surface area contributed by atoms with Crippen molar-refractivity contribution in [2.45, 2.75) is 39.0 Å². The van der Waals surface area contributed by atoms with E-state index in [0.717, 1.165) is 30.8 Å². The molecule has 0 saturated heterocycles. The Morgan fingerprint density at radius 2 is 2.14 bits per heavy atom. The van der Waals surface area contributed by atoms with E-state index in [2.05, 4.69) is 5.32 Å². The number of fused-ring (bicyclic) bond motifs is 1. The molecular formula is C17H22N2O2. The first kappa shape index (κ1) is 14.1. The Morgan fingerprint density at radius 1 is 1.33 bits per heavy atom. The van der Waals surface area contributed by atoms with Crippen LogP contribution < -0.4 is 10.2 Å². The van der Waals surface area contributed by atoms with Crippen molar-refractivity contribution in [3.63, 3.8) is 0 Å². The van der Waals surface area contributed by atoms with Crippen molar-refractivity contribution in [2.75, 3.05) is 18.0 Å². The molecule has 0 atom stereocenters. The zero-order chi connectivity index (χ0) is 14.8. The van der Waals surface area contributed by atoms with Crippen LogP contribution in [0.25, 0.3) is 0 Å². The summed E-state index contributed by atoms with van der Waals surface area (Å²) in [6, 6.07) is 5.68. The number of rotatable bonds is 4. The number of hydrogen-bond acceptors (Lipinski definition) is 2. The molecule has 0 radical (unpaired) electrons. The highest BCUT2D eigenvalue weighted by Gasteiger charge is 2.24. The minimum atomic E-state index is 0.00460. The molecule has 4 nitrogen and oxygen atoms in total. The van der Waals surface area contributed by atoms with Gasteiger partial charge in [0.25, 0.3) is 5.91 Å². The standard InChI is InChI=1S/C17H22N2O2/c1-2-16(20)19-9-8-13-10-14(6-7-15(13)19)17(21)18-11-12-4-3-5-12/h6-7,10,12H,2-5,8-9,11H2,1H3,(H,18,21). The van der Waals surface area contributed by atoms with Crippen LogP contribution in [0, 0.1) is 5.92 Å². The van der Waals surface area contributed by atoms with Gasteiger partial charge in [-0.2, -0.15) is 0 Å². The van der Waals surface area contributed by atoms with E-state index in [1.54, 1.807) is 0 Å². The van der Waals surface area contributed by atoms with Crippen molar-refractivity contribution < 1.29 is 9.59 Å². The minimum absolute atomic E-state index is 0.00460. The first-order chi connectivity index (χ1) is 10.2. The molecule has 1 aliphatic heterocycles. The highest BCUT2D eigenvalue weighted by atomic mass is 16.2. The van der Waals surface area contributed by atoms with Gasteiger partial charge in [0, 0.05) is 30.8 Å². The predicted octanol–water partition coefficient (Wildman–Crippen LogP) is 2.52. The van der Waals surface area contributed by atoms with Crippen LogP contribution in [-0.2, 0) is 11.2 Å². The Kier molecular flexibility index (Phi) is 3.95. The molecule has 1 aromatic rings. The summed E-state index contributed by atoms with van der Waals surface area (Å²) in [4.78, 5) is 25.9. The summed E-state index contributed by atoms with van der Waals surface area (Å²) >= 11 is 0. The number of carbonyl (C=O) groups excluding carboxylic acids is 2. The van der Waals surface area contributed by atoms with E-state index in [9.17, 15) is 9.59 Å². The Balaban J connectivity index is 1.68. The lowest BCUT2D eigenvalue weighted by Crippen LogP contribution is -2.32. The lowest BCUT2D eigenvalue weighted by molar-refractivity contribution is -0.118. The Hall–Kier alpha value is -1.84. The lowest BCUT2D eigenvalue weighted by Gasteiger charge is -2.25. The third-order valence-corrected chi connectivity index (χ3v) is 4.62. The highest BCUT2D eigenvalue weighted by Crippen LogP contribution is 2.29. The van der Waals surface area contributed by atoms with Crippen LogP contribution >= 0.6 is 0 Å². The molecule has 2 amide bonds. The molecule has 1 aromatic carbocycles. The molecule has 0 aromatic heterocycles. The first-order valence-electron chi connectivity index (χ1n) is 7.90. The molecule has 0 unspecified atom stereocenters. The summed E-state index contributed by atoms with van der Waals surface area (Å²) in [5, 5.41) is 3.02. The van der Waals surface area contributed by atoms with Crippen LogP contribution in [0.4, 0.5) is 5.69 Å². The second-order valence-electron chi connectivity index (χ2n) is 6.00. The van der Waals surface area contributed by atoms with Crippen molar-refractivity contribution in [3.8, 4) is 0 Å². The minimum Gasteiger partial charge on any atom is -0.352 e. The van der Waals surface area contributed by atoms with Crippen molar-refractivity contribution in [3.05, 3.63) is 29.3 Å². The number of amides is 2. The summed E-state index contributed by atoms with van der Waals surface area (Å²) in [6.07, 6.45) is 5.12. The number of benzene rings is 1. The zero-order valence-electron chi connectivity index (χ0n) is 12.5. The van der Waals surface area contributed by atoms with E-state index < -0.39 is 0 Å². The maximum atomic E-state index is 12.2. The Morgan fingerprint density at radius 3 is 2.81 bits per heavy atom. The summed E-state index contributed by atoms with van der Waals surface area (Å²) < 4.78 is 0. The fourth-order valence-corrected chi connectivity index (χ4v) is 3.03. The molecule has 1 aliphatic carbocycles. The van der Waals surface area contributed by atoms with Crippen LogP contribution in [0.15, 0.2) is 18.2 Å². The maximum absolute atomic E-state index is 12.2. The lowest BCUT2D eigenvalue weighted by atomic mass is 9.85. The van der Waals surface area contributed by atoms with E-state index in [1.165, 1.54) is 19.3 Å². The number of hydrogen-bond donors (Lipinski definition) is 1. The summed E-state index contributed by atoms with van der Waals surface area (Å²) in [5.74, 6) is 0.821. The van der Waals surface area contributed by atoms with E-state index in [1.807, 2.05) is 30.0 Å². The van der Waals surface area contributed by atoms with Crippen LogP contribution in [-0.4, -0.2) is 24.9 Å². The fraction of sp³-hybridized carbons (Fsp3) is 0.529. The Labute approximate surface area is 125 Å². The number of carbonyl (C=O) groups is 2. The molecule has 1 saturated carbocycles. The zero-order valence-corrected chi connectivity index (χ0v) is 12.5. The van der Waals surface area contributed by atoms with Crippen molar-refractivity contribution in [1.29, 1.82) is 0 Å². The van der Waals surface area contributed by atoms with Crippen LogP contribution in [0.1, 0.15) is 48.5 Å². The highest BCUT2D eigenvalue weighted by molar-refractivity contribution is 5.98. The molecule has 112 valence electrons. The van der Waals surface area contributed by atoms with Crippen molar-refractivity contribution in [2.24, 2.45) is 5.92 Å². The normalized spacial score (nSPS) is 17.3. The van der Waals surface area contributed by atoms with Gasteiger partial charge in [0.15, 0.2) is 0 Å². The average Bonchev–Trinajstić information content (AvgIpc) is 2.87. The van der Waals surface area contributed by atoms with E-state index in [-0.39, 0.29) is 11.8 Å². The van der Waals surface area contributed by atoms with Crippen LogP contribution in [0.3, 0.4) is 0 Å². The van der Waals surface area contributed by atoms with Crippen LogP contribution in [0.5, 0.6) is 0 Å². The van der Waals surface area contributed by atoms with Gasteiger partial charge in [-0.1, -0.05) is 13.3 Å². The van der Waals surface area contributed by atoms with Gasteiger partial charge in [-0.15, -0.1) is 0 Å². The third kappa shape index (κ3) is 2.80. The van der Waals surface area contributed by atoms with Gasteiger partial charge < -0.3 is 10.2 Å². The van der Waals surface area contributed by atoms with Crippen LogP contribution in [0.2, 0.25) is 0 Å². The SMILES string of the molecule is CCC(=O)N1CCc2cc(C(=O)NCC3CCC3)ccc21. The first-order valence-corrected chi connectivity index (χ1v) is 7.90. The van der Waals surface area contributed by atoms with Gasteiger partial charge >= 0.3 is 0 Å².